The molecule has 96 valence electrons. The lowest BCUT2D eigenvalue weighted by Crippen LogP contribution is -2.33. The number of carbonyl (C=O) groups excluding carboxylic acids is 1. The van der Waals surface area contributed by atoms with E-state index in [1.807, 2.05) is 27.7 Å². The molecule has 2 N–H and O–H groups in total. The summed E-state index contributed by atoms with van der Waals surface area (Å²) in [6.45, 7) is 8.28. The summed E-state index contributed by atoms with van der Waals surface area (Å²) in [5.74, 6) is 0. The molecule has 6 heteroatoms. The van der Waals surface area contributed by atoms with E-state index in [9.17, 15) is 9.69 Å². The van der Waals surface area contributed by atoms with Gasteiger partial charge >= 0.3 is 6.09 Å². The molecule has 1 amide bonds. The third kappa shape index (κ3) is 10.1. The van der Waals surface area contributed by atoms with Crippen LogP contribution in [0.4, 0.5) is 4.79 Å². The number of hydrogen-bond acceptors (Lipinski definition) is 4. The van der Waals surface area contributed by atoms with Gasteiger partial charge in [0, 0.05) is 12.7 Å². The van der Waals surface area contributed by atoms with Crippen molar-refractivity contribution in [3.05, 3.63) is 0 Å². The molecule has 1 atom stereocenters. The topological polar surface area (TPSA) is 67.8 Å². The Balaban J connectivity index is 3.48. The molecule has 1 unspecified atom stereocenters. The molecule has 0 radical (unpaired) electrons. The van der Waals surface area contributed by atoms with E-state index in [2.05, 4.69) is 5.32 Å². The molecule has 0 aliphatic carbocycles. The van der Waals surface area contributed by atoms with Gasteiger partial charge < -0.3 is 19.5 Å². The van der Waals surface area contributed by atoms with Crippen LogP contribution in [0.3, 0.4) is 0 Å². The van der Waals surface area contributed by atoms with Crippen LogP contribution in [0.5, 0.6) is 0 Å². The van der Waals surface area contributed by atoms with Gasteiger partial charge in [0.25, 0.3) is 0 Å². The van der Waals surface area contributed by atoms with Crippen molar-refractivity contribution in [2.75, 3.05) is 19.3 Å². The van der Waals surface area contributed by atoms with Gasteiger partial charge in [-0.05, 0) is 34.1 Å². The lowest BCUT2D eigenvalue weighted by Gasteiger charge is -2.19. The van der Waals surface area contributed by atoms with Crippen molar-refractivity contribution in [3.8, 4) is 0 Å². The molecular formula is C10H22NO4P. The predicted octanol–water partition coefficient (Wildman–Crippen LogP) is 2.24. The maximum absolute atomic E-state index is 11.2. The Morgan fingerprint density at radius 1 is 1.44 bits per heavy atom. The molecule has 0 spiro atoms. The monoisotopic (exact) mass is 251 g/mol. The van der Waals surface area contributed by atoms with Crippen LogP contribution in [0.15, 0.2) is 0 Å². The Morgan fingerprint density at radius 2 is 2.06 bits per heavy atom. The summed E-state index contributed by atoms with van der Waals surface area (Å²) in [5.41, 5.74) is -0.473. The first-order valence-electron chi connectivity index (χ1n) is 5.41. The van der Waals surface area contributed by atoms with Crippen molar-refractivity contribution < 1.29 is 18.9 Å². The van der Waals surface area contributed by atoms with E-state index in [0.717, 1.165) is 0 Å². The van der Waals surface area contributed by atoms with Gasteiger partial charge in [0.05, 0.1) is 6.61 Å². The Labute approximate surface area is 98.4 Å². The summed E-state index contributed by atoms with van der Waals surface area (Å²) in [7, 11) is -1.33. The predicted molar refractivity (Wildman–Crippen MR) is 64.5 cm³/mol. The van der Waals surface area contributed by atoms with Gasteiger partial charge in [0.15, 0.2) is 8.38 Å². The second kappa shape index (κ2) is 7.82. The summed E-state index contributed by atoms with van der Waals surface area (Å²) in [5, 5.41) is 2.62. The number of carbonyl (C=O) groups is 1. The van der Waals surface area contributed by atoms with Crippen molar-refractivity contribution in [2.24, 2.45) is 0 Å². The summed E-state index contributed by atoms with van der Waals surface area (Å²) >= 11 is 0. The van der Waals surface area contributed by atoms with Gasteiger partial charge in [-0.25, -0.2) is 4.79 Å². The average Bonchev–Trinajstić information content (AvgIpc) is 2.10. The zero-order chi connectivity index (χ0) is 12.6. The van der Waals surface area contributed by atoms with E-state index in [1.165, 1.54) is 0 Å². The minimum atomic E-state index is -1.33. The van der Waals surface area contributed by atoms with Gasteiger partial charge in [0.2, 0.25) is 0 Å². The van der Waals surface area contributed by atoms with E-state index in [4.69, 9.17) is 9.26 Å². The zero-order valence-electron chi connectivity index (χ0n) is 10.4. The molecule has 0 aliphatic heterocycles. The first-order valence-corrected chi connectivity index (χ1v) is 6.81. The van der Waals surface area contributed by atoms with Gasteiger partial charge in [0.1, 0.15) is 5.60 Å². The van der Waals surface area contributed by atoms with Crippen molar-refractivity contribution in [3.63, 3.8) is 0 Å². The highest BCUT2D eigenvalue weighted by molar-refractivity contribution is 7.46. The van der Waals surface area contributed by atoms with Gasteiger partial charge in [-0.1, -0.05) is 0 Å². The minimum Gasteiger partial charge on any atom is -0.444 e. The smallest absolute Gasteiger partial charge is 0.407 e. The highest BCUT2D eigenvalue weighted by Gasteiger charge is 2.15. The molecule has 0 heterocycles. The molecule has 0 bridgehead atoms. The van der Waals surface area contributed by atoms with E-state index in [0.29, 0.717) is 25.7 Å². The molecule has 0 aromatic carbocycles. The molecule has 0 rings (SSSR count). The van der Waals surface area contributed by atoms with Crippen molar-refractivity contribution >= 4 is 14.5 Å². The Kier molecular flexibility index (Phi) is 7.64. The van der Waals surface area contributed by atoms with Crippen LogP contribution in [0, 0.1) is 0 Å². The zero-order valence-corrected chi connectivity index (χ0v) is 11.3. The average molecular weight is 251 g/mol. The number of ether oxygens (including phenoxy) is 1. The fraction of sp³-hybridized carbons (Fsp3) is 0.900. The summed E-state index contributed by atoms with van der Waals surface area (Å²) in [4.78, 5) is 20.5. The van der Waals surface area contributed by atoms with Crippen LogP contribution in [-0.4, -0.2) is 35.9 Å². The first kappa shape index (κ1) is 15.6. The fourth-order valence-corrected chi connectivity index (χ4v) is 1.79. The standard InChI is InChI=1S/C10H22NO4P/c1-5-14-16(13)8-6-7-11-9(12)15-10(2,3)4/h13H,5-8H2,1-4H3,(H,11,12). The number of hydrogen-bond donors (Lipinski definition) is 2. The van der Waals surface area contributed by atoms with Crippen LogP contribution >= 0.6 is 8.38 Å². The molecule has 0 fully saturated rings. The van der Waals surface area contributed by atoms with E-state index in [-0.39, 0.29) is 0 Å². The SMILES string of the molecule is CCOP(O)CCCNC(=O)OC(C)(C)C. The fourth-order valence-electron chi connectivity index (χ4n) is 0.933. The van der Waals surface area contributed by atoms with Gasteiger partial charge in [-0.15, -0.1) is 0 Å². The third-order valence-electron chi connectivity index (χ3n) is 1.47. The molecule has 16 heavy (non-hydrogen) atoms. The Hall–Kier alpha value is -0.380. The van der Waals surface area contributed by atoms with Crippen molar-refractivity contribution in [1.82, 2.24) is 5.32 Å². The van der Waals surface area contributed by atoms with Gasteiger partial charge in [-0.2, -0.15) is 0 Å². The summed E-state index contributed by atoms with van der Waals surface area (Å²) < 4.78 is 10.1. The molecule has 5 nitrogen and oxygen atoms in total. The molecule has 0 aromatic rings. The second-order valence-electron chi connectivity index (χ2n) is 4.28. The lowest BCUT2D eigenvalue weighted by atomic mass is 10.2. The van der Waals surface area contributed by atoms with Crippen LogP contribution in [0.1, 0.15) is 34.1 Å². The van der Waals surface area contributed by atoms with Crippen LogP contribution in [0.2, 0.25) is 0 Å². The Bertz CT molecular complexity index is 205. The van der Waals surface area contributed by atoms with Crippen molar-refractivity contribution in [1.29, 1.82) is 0 Å². The molecule has 0 saturated heterocycles. The van der Waals surface area contributed by atoms with Gasteiger partial charge in [-0.3, -0.25) is 0 Å². The number of nitrogens with one attached hydrogen (secondary N) is 1. The van der Waals surface area contributed by atoms with Crippen LogP contribution in [0.25, 0.3) is 0 Å². The number of alkyl carbamates (subject to hydrolysis) is 1. The molecule has 0 saturated carbocycles. The summed E-state index contributed by atoms with van der Waals surface area (Å²) in [6.07, 6.45) is 0.826. The minimum absolute atomic E-state index is 0.425. The van der Waals surface area contributed by atoms with Crippen molar-refractivity contribution in [2.45, 2.75) is 39.7 Å². The number of amides is 1. The highest BCUT2D eigenvalue weighted by atomic mass is 31.2. The van der Waals surface area contributed by atoms with E-state index in [1.54, 1.807) is 0 Å². The molecule has 0 aromatic heterocycles. The van der Waals surface area contributed by atoms with Crippen LogP contribution in [-0.2, 0) is 9.26 Å². The Morgan fingerprint density at radius 3 is 2.56 bits per heavy atom. The van der Waals surface area contributed by atoms with E-state index < -0.39 is 20.1 Å². The largest absolute Gasteiger partial charge is 0.444 e. The quantitative estimate of drug-likeness (QED) is 0.561. The lowest BCUT2D eigenvalue weighted by molar-refractivity contribution is 0.0528. The maximum Gasteiger partial charge on any atom is 0.407 e. The summed E-state index contributed by atoms with van der Waals surface area (Å²) in [6, 6.07) is 0. The molecular weight excluding hydrogens is 229 g/mol. The van der Waals surface area contributed by atoms with Crippen LogP contribution < -0.4 is 5.32 Å². The number of rotatable bonds is 6. The maximum atomic E-state index is 11.2. The first-order chi connectivity index (χ1) is 7.35. The molecule has 0 aliphatic rings. The second-order valence-corrected chi connectivity index (χ2v) is 5.69. The van der Waals surface area contributed by atoms with E-state index >= 15 is 0 Å². The highest BCUT2D eigenvalue weighted by Crippen LogP contribution is 2.31. The third-order valence-corrected chi connectivity index (χ3v) is 2.73. The normalized spacial score (nSPS) is 13.3.